The number of rotatable bonds is 9. The molecule has 10 heteroatoms. The molecule has 0 spiro atoms. The molecule has 0 aliphatic carbocycles. The van der Waals surface area contributed by atoms with Gasteiger partial charge in [-0.15, -0.1) is 10.2 Å². The predicted molar refractivity (Wildman–Crippen MR) is 118 cm³/mol. The van der Waals surface area contributed by atoms with Gasteiger partial charge in [-0.1, -0.05) is 30.0 Å². The first-order valence-electron chi connectivity index (χ1n) is 10.3. The van der Waals surface area contributed by atoms with Crippen molar-refractivity contribution in [2.24, 2.45) is 0 Å². The summed E-state index contributed by atoms with van der Waals surface area (Å²) in [6, 6.07) is 15.6. The smallest absolute Gasteiger partial charge is 0.387 e. The first-order valence-corrected chi connectivity index (χ1v) is 11.3. The van der Waals surface area contributed by atoms with Crippen molar-refractivity contribution in [2.45, 2.75) is 31.2 Å². The molecule has 0 radical (unpaired) electrons. The third-order valence-corrected chi connectivity index (χ3v) is 5.90. The van der Waals surface area contributed by atoms with E-state index in [2.05, 4.69) is 25.2 Å². The maximum absolute atomic E-state index is 12.4. The molecular weight excluding hydrogens is 436 g/mol. The number of hydrogen-bond donors (Lipinski definition) is 1. The van der Waals surface area contributed by atoms with Gasteiger partial charge in [0, 0.05) is 11.4 Å². The molecule has 0 bridgehead atoms. The topological polar surface area (TPSA) is 72.3 Å². The van der Waals surface area contributed by atoms with Gasteiger partial charge in [-0.05, 0) is 62.3 Å². The summed E-state index contributed by atoms with van der Waals surface area (Å²) >= 11 is 1.29. The Morgan fingerprint density at radius 2 is 1.78 bits per heavy atom. The Labute approximate surface area is 188 Å². The monoisotopic (exact) mass is 459 g/mol. The lowest BCUT2D eigenvalue weighted by Gasteiger charge is -2.16. The van der Waals surface area contributed by atoms with Crippen LogP contribution >= 0.6 is 11.8 Å². The Balaban J connectivity index is 1.42. The van der Waals surface area contributed by atoms with Gasteiger partial charge in [-0.2, -0.15) is 8.78 Å². The van der Waals surface area contributed by atoms with Crippen LogP contribution in [0, 0.1) is 0 Å². The molecule has 1 aliphatic heterocycles. The van der Waals surface area contributed by atoms with E-state index in [1.165, 1.54) is 48.9 Å². The van der Waals surface area contributed by atoms with E-state index in [4.69, 9.17) is 0 Å². The molecule has 3 aromatic rings. The Morgan fingerprint density at radius 3 is 2.47 bits per heavy atom. The van der Waals surface area contributed by atoms with Crippen LogP contribution in [0.2, 0.25) is 0 Å². The average Bonchev–Trinajstić information content (AvgIpc) is 3.44. The van der Waals surface area contributed by atoms with E-state index in [1.807, 2.05) is 34.9 Å². The van der Waals surface area contributed by atoms with Crippen molar-refractivity contribution in [3.8, 4) is 11.4 Å². The molecular formula is C22H23F2N5O2S. The number of halogens is 2. The second-order valence-corrected chi connectivity index (χ2v) is 8.24. The number of nitrogens with one attached hydrogen (secondary N) is 1. The van der Waals surface area contributed by atoms with Crippen molar-refractivity contribution in [3.63, 3.8) is 0 Å². The summed E-state index contributed by atoms with van der Waals surface area (Å²) in [6.07, 6.45) is 2.38. The molecule has 2 aromatic carbocycles. The molecule has 2 heterocycles. The molecule has 1 N–H and O–H groups in total. The number of carbonyl (C=O) groups is 1. The number of likely N-dealkylation sites (tertiary alicyclic amines) is 1. The number of benzene rings is 2. The lowest BCUT2D eigenvalue weighted by Crippen LogP contribution is -2.21. The van der Waals surface area contributed by atoms with E-state index in [0.29, 0.717) is 17.4 Å². The SMILES string of the molecule is O=C(CSc1nnc(CN2CCCC2)n1-c1ccccc1)Nc1ccc(OC(F)F)cc1. The largest absolute Gasteiger partial charge is 0.435 e. The molecule has 1 amide bonds. The van der Waals surface area contributed by atoms with E-state index in [1.54, 1.807) is 0 Å². The number of thioether (sulfide) groups is 1. The van der Waals surface area contributed by atoms with Gasteiger partial charge in [-0.25, -0.2) is 0 Å². The van der Waals surface area contributed by atoms with Gasteiger partial charge < -0.3 is 10.1 Å². The number of nitrogens with zero attached hydrogens (tertiary/aromatic N) is 4. The molecule has 0 saturated carbocycles. The van der Waals surface area contributed by atoms with Crippen LogP contribution < -0.4 is 10.1 Å². The fourth-order valence-electron chi connectivity index (χ4n) is 3.52. The van der Waals surface area contributed by atoms with Crippen LogP contribution in [-0.2, 0) is 11.3 Å². The number of para-hydroxylation sites is 1. The molecule has 7 nitrogen and oxygen atoms in total. The maximum Gasteiger partial charge on any atom is 0.387 e. The second kappa shape index (κ2) is 10.6. The zero-order valence-electron chi connectivity index (χ0n) is 17.3. The Hall–Kier alpha value is -2.98. The molecule has 0 atom stereocenters. The van der Waals surface area contributed by atoms with E-state index >= 15 is 0 Å². The Bertz CT molecular complexity index is 1020. The molecule has 168 valence electrons. The average molecular weight is 460 g/mol. The minimum Gasteiger partial charge on any atom is -0.435 e. The Morgan fingerprint density at radius 1 is 1.06 bits per heavy atom. The van der Waals surface area contributed by atoms with Crippen LogP contribution in [0.1, 0.15) is 18.7 Å². The number of hydrogen-bond acceptors (Lipinski definition) is 6. The standard InChI is InChI=1S/C22H23F2N5O2S/c23-21(24)31-18-10-8-16(9-11-18)25-20(30)15-32-22-27-26-19(14-28-12-4-5-13-28)29(22)17-6-2-1-3-7-17/h1-3,6-11,21H,4-5,12-15H2,(H,25,30). The minimum atomic E-state index is -2.89. The number of alkyl halides is 2. The van der Waals surface area contributed by atoms with Gasteiger partial charge in [0.2, 0.25) is 5.91 Å². The van der Waals surface area contributed by atoms with E-state index in [-0.39, 0.29) is 17.4 Å². The van der Waals surface area contributed by atoms with Gasteiger partial charge >= 0.3 is 6.61 Å². The number of carbonyl (C=O) groups excluding carboxylic acids is 1. The highest BCUT2D eigenvalue weighted by atomic mass is 32.2. The lowest BCUT2D eigenvalue weighted by atomic mass is 10.3. The van der Waals surface area contributed by atoms with Gasteiger partial charge in [0.1, 0.15) is 5.75 Å². The zero-order chi connectivity index (χ0) is 22.3. The quantitative estimate of drug-likeness (QED) is 0.484. The summed E-state index contributed by atoms with van der Waals surface area (Å²) in [6.45, 7) is -0.0765. The molecule has 4 rings (SSSR count). The van der Waals surface area contributed by atoms with Crippen molar-refractivity contribution in [2.75, 3.05) is 24.2 Å². The van der Waals surface area contributed by atoms with Crippen molar-refractivity contribution >= 4 is 23.4 Å². The zero-order valence-corrected chi connectivity index (χ0v) is 18.1. The first kappa shape index (κ1) is 22.2. The minimum absolute atomic E-state index is 0.0360. The maximum atomic E-state index is 12.4. The molecule has 1 saturated heterocycles. The Kier molecular flexibility index (Phi) is 7.33. The van der Waals surface area contributed by atoms with Gasteiger partial charge in [0.05, 0.1) is 12.3 Å². The molecule has 1 fully saturated rings. The summed E-state index contributed by atoms with van der Waals surface area (Å²) in [5.41, 5.74) is 1.45. The van der Waals surface area contributed by atoms with Crippen LogP contribution in [0.15, 0.2) is 59.8 Å². The van der Waals surface area contributed by atoms with Crippen LogP contribution in [0.4, 0.5) is 14.5 Å². The van der Waals surface area contributed by atoms with Crippen molar-refractivity contribution in [3.05, 3.63) is 60.4 Å². The van der Waals surface area contributed by atoms with Crippen molar-refractivity contribution in [1.29, 1.82) is 0 Å². The fraction of sp³-hybridized carbons (Fsp3) is 0.318. The summed E-state index contributed by atoms with van der Waals surface area (Å²) in [7, 11) is 0. The summed E-state index contributed by atoms with van der Waals surface area (Å²) in [5.74, 6) is 0.773. The van der Waals surface area contributed by atoms with Gasteiger partial charge in [0.25, 0.3) is 0 Å². The van der Waals surface area contributed by atoms with Crippen molar-refractivity contribution < 1.29 is 18.3 Å². The number of aromatic nitrogens is 3. The third-order valence-electron chi connectivity index (χ3n) is 4.97. The normalized spacial score (nSPS) is 14.1. The summed E-state index contributed by atoms with van der Waals surface area (Å²) in [4.78, 5) is 14.8. The highest BCUT2D eigenvalue weighted by Crippen LogP contribution is 2.24. The fourth-order valence-corrected chi connectivity index (χ4v) is 4.29. The van der Waals surface area contributed by atoms with Crippen LogP contribution in [-0.4, -0.2) is 51.0 Å². The molecule has 1 aromatic heterocycles. The predicted octanol–water partition coefficient (Wildman–Crippen LogP) is 4.20. The summed E-state index contributed by atoms with van der Waals surface area (Å²) < 4.78 is 30.8. The lowest BCUT2D eigenvalue weighted by molar-refractivity contribution is -0.113. The summed E-state index contributed by atoms with van der Waals surface area (Å²) in [5, 5.41) is 12.1. The highest BCUT2D eigenvalue weighted by molar-refractivity contribution is 7.99. The van der Waals surface area contributed by atoms with Crippen LogP contribution in [0.3, 0.4) is 0 Å². The van der Waals surface area contributed by atoms with Crippen molar-refractivity contribution in [1.82, 2.24) is 19.7 Å². The van der Waals surface area contributed by atoms with Gasteiger partial charge in [-0.3, -0.25) is 14.3 Å². The van der Waals surface area contributed by atoms with Crippen LogP contribution in [0.25, 0.3) is 5.69 Å². The highest BCUT2D eigenvalue weighted by Gasteiger charge is 2.20. The third kappa shape index (κ3) is 5.83. The van der Waals surface area contributed by atoms with Crippen LogP contribution in [0.5, 0.6) is 5.75 Å². The molecule has 32 heavy (non-hydrogen) atoms. The van der Waals surface area contributed by atoms with E-state index in [0.717, 1.165) is 24.6 Å². The second-order valence-electron chi connectivity index (χ2n) is 7.29. The van der Waals surface area contributed by atoms with Gasteiger partial charge in [0.15, 0.2) is 11.0 Å². The molecule has 1 aliphatic rings. The number of ether oxygens (including phenoxy) is 1. The first-order chi connectivity index (χ1) is 15.6. The van der Waals surface area contributed by atoms with E-state index < -0.39 is 6.61 Å². The number of amides is 1. The number of anilines is 1. The van der Waals surface area contributed by atoms with E-state index in [9.17, 15) is 13.6 Å². The molecule has 0 unspecified atom stereocenters.